The molecule has 3 aliphatic rings. The van der Waals surface area contributed by atoms with Gasteiger partial charge in [-0.2, -0.15) is 0 Å². The van der Waals surface area contributed by atoms with E-state index in [-0.39, 0.29) is 0 Å². The fourth-order valence-corrected chi connectivity index (χ4v) is 4.94. The average molecular weight is 262 g/mol. The van der Waals surface area contributed by atoms with E-state index in [1.54, 1.807) is 18.2 Å². The Morgan fingerprint density at radius 1 is 1.05 bits per heavy atom. The number of ether oxygens (including phenoxy) is 1. The predicted molar refractivity (Wildman–Crippen MR) is 81.2 cm³/mol. The minimum atomic E-state index is 0.788. The third-order valence-corrected chi connectivity index (χ3v) is 5.80. The van der Waals surface area contributed by atoms with E-state index in [1.165, 1.54) is 23.6 Å². The molecule has 100 valence electrons. The molecule has 0 spiro atoms. The van der Waals surface area contributed by atoms with Crippen LogP contribution in [0.4, 0.5) is 0 Å². The van der Waals surface area contributed by atoms with Crippen LogP contribution in [-0.2, 0) is 6.42 Å². The molecule has 4 unspecified atom stereocenters. The largest absolute Gasteiger partial charge is 0.497 e. The van der Waals surface area contributed by atoms with Crippen molar-refractivity contribution in [3.63, 3.8) is 0 Å². The second-order valence-corrected chi connectivity index (χ2v) is 6.56. The SMILES string of the molecule is COc1ccc2ccc3c(c2c1)CC1C2C=CC(C2)C31. The van der Waals surface area contributed by atoms with E-state index in [9.17, 15) is 0 Å². The van der Waals surface area contributed by atoms with Crippen molar-refractivity contribution in [3.05, 3.63) is 53.6 Å². The summed E-state index contributed by atoms with van der Waals surface area (Å²) < 4.78 is 5.42. The number of allylic oxidation sites excluding steroid dienone is 2. The van der Waals surface area contributed by atoms with Crippen molar-refractivity contribution in [2.45, 2.75) is 18.8 Å². The Labute approximate surface area is 119 Å². The van der Waals surface area contributed by atoms with Gasteiger partial charge in [-0.1, -0.05) is 30.4 Å². The molecule has 1 fully saturated rings. The highest BCUT2D eigenvalue weighted by atomic mass is 16.5. The number of hydrogen-bond acceptors (Lipinski definition) is 1. The molecule has 20 heavy (non-hydrogen) atoms. The van der Waals surface area contributed by atoms with E-state index in [2.05, 4.69) is 42.5 Å². The monoisotopic (exact) mass is 262 g/mol. The molecule has 0 aliphatic heterocycles. The van der Waals surface area contributed by atoms with Gasteiger partial charge in [-0.3, -0.25) is 0 Å². The molecule has 2 aromatic carbocycles. The molecule has 0 amide bonds. The first kappa shape index (κ1) is 11.0. The summed E-state index contributed by atoms with van der Waals surface area (Å²) in [6.45, 7) is 0. The molecule has 4 atom stereocenters. The van der Waals surface area contributed by atoms with Crippen LogP contribution in [0.3, 0.4) is 0 Å². The Morgan fingerprint density at radius 2 is 1.90 bits per heavy atom. The van der Waals surface area contributed by atoms with E-state index >= 15 is 0 Å². The minimum absolute atomic E-state index is 0.788. The van der Waals surface area contributed by atoms with E-state index < -0.39 is 0 Å². The van der Waals surface area contributed by atoms with Crippen LogP contribution in [0.25, 0.3) is 10.8 Å². The normalized spacial score (nSPS) is 32.6. The van der Waals surface area contributed by atoms with E-state index in [4.69, 9.17) is 4.74 Å². The standard InChI is InChI=1S/C19H18O/c1-20-14-6-4-11-5-7-15-18(16(11)9-14)10-17-12-2-3-13(8-12)19(15)17/h2-7,9,12-13,17,19H,8,10H2,1H3. The van der Waals surface area contributed by atoms with Gasteiger partial charge >= 0.3 is 0 Å². The van der Waals surface area contributed by atoms with Gasteiger partial charge in [0, 0.05) is 0 Å². The van der Waals surface area contributed by atoms with Crippen molar-refractivity contribution in [1.82, 2.24) is 0 Å². The highest BCUT2D eigenvalue weighted by molar-refractivity contribution is 5.89. The number of methoxy groups -OCH3 is 1. The maximum Gasteiger partial charge on any atom is 0.119 e. The van der Waals surface area contributed by atoms with Crippen LogP contribution in [0.2, 0.25) is 0 Å². The summed E-state index contributed by atoms with van der Waals surface area (Å²) >= 11 is 0. The van der Waals surface area contributed by atoms with Crippen molar-refractivity contribution in [1.29, 1.82) is 0 Å². The Morgan fingerprint density at radius 3 is 2.80 bits per heavy atom. The van der Waals surface area contributed by atoms with Gasteiger partial charge < -0.3 is 4.74 Å². The molecule has 2 aromatic rings. The van der Waals surface area contributed by atoms with Gasteiger partial charge in [0.15, 0.2) is 0 Å². The molecule has 0 saturated heterocycles. The second-order valence-electron chi connectivity index (χ2n) is 6.56. The van der Waals surface area contributed by atoms with Crippen LogP contribution in [0, 0.1) is 17.8 Å². The van der Waals surface area contributed by atoms with Gasteiger partial charge in [0.2, 0.25) is 0 Å². The van der Waals surface area contributed by atoms with Crippen LogP contribution in [0.15, 0.2) is 42.5 Å². The van der Waals surface area contributed by atoms with Crippen LogP contribution in [0.5, 0.6) is 5.75 Å². The molecule has 0 radical (unpaired) electrons. The Bertz CT molecular complexity index is 743. The van der Waals surface area contributed by atoms with Gasteiger partial charge in [0.25, 0.3) is 0 Å². The summed E-state index contributed by atoms with van der Waals surface area (Å²) in [5, 5.41) is 2.76. The first-order valence-corrected chi connectivity index (χ1v) is 7.63. The summed E-state index contributed by atoms with van der Waals surface area (Å²) in [6, 6.07) is 11.2. The number of fused-ring (bicyclic) bond motifs is 9. The predicted octanol–water partition coefficient (Wildman–Crippen LogP) is 4.31. The van der Waals surface area contributed by atoms with E-state index in [0.717, 1.165) is 29.4 Å². The quantitative estimate of drug-likeness (QED) is 0.696. The maximum absolute atomic E-state index is 5.42. The lowest BCUT2D eigenvalue weighted by Crippen LogP contribution is -2.12. The zero-order valence-corrected chi connectivity index (χ0v) is 11.7. The molecular formula is C19H18O. The highest BCUT2D eigenvalue weighted by Crippen LogP contribution is 2.59. The van der Waals surface area contributed by atoms with Crippen LogP contribution < -0.4 is 4.74 Å². The summed E-state index contributed by atoms with van der Waals surface area (Å²) in [5.74, 6) is 4.25. The molecule has 1 heteroatoms. The zero-order valence-electron chi connectivity index (χ0n) is 11.7. The van der Waals surface area contributed by atoms with Crippen molar-refractivity contribution in [3.8, 4) is 5.75 Å². The van der Waals surface area contributed by atoms with Gasteiger partial charge in [-0.15, -0.1) is 0 Å². The number of rotatable bonds is 1. The average Bonchev–Trinajstić information content (AvgIpc) is 3.17. The lowest BCUT2D eigenvalue weighted by atomic mass is 9.83. The summed E-state index contributed by atoms with van der Waals surface area (Å²) in [7, 11) is 1.75. The van der Waals surface area contributed by atoms with Crippen LogP contribution in [-0.4, -0.2) is 7.11 Å². The lowest BCUT2D eigenvalue weighted by Gasteiger charge is -2.20. The summed E-state index contributed by atoms with van der Waals surface area (Å²) in [4.78, 5) is 0. The van der Waals surface area contributed by atoms with Gasteiger partial charge in [-0.05, 0) is 70.5 Å². The molecule has 1 saturated carbocycles. The topological polar surface area (TPSA) is 9.23 Å². The Balaban J connectivity index is 1.74. The molecule has 2 bridgehead atoms. The molecule has 1 nitrogen and oxygen atoms in total. The first-order chi connectivity index (χ1) is 9.85. The third kappa shape index (κ3) is 1.24. The minimum Gasteiger partial charge on any atom is -0.497 e. The zero-order chi connectivity index (χ0) is 13.3. The van der Waals surface area contributed by atoms with E-state index in [0.29, 0.717) is 0 Å². The smallest absolute Gasteiger partial charge is 0.119 e. The van der Waals surface area contributed by atoms with Crippen LogP contribution >= 0.6 is 0 Å². The number of benzene rings is 2. The highest BCUT2D eigenvalue weighted by Gasteiger charge is 2.49. The third-order valence-electron chi connectivity index (χ3n) is 5.80. The summed E-state index contributed by atoms with van der Waals surface area (Å²) in [5.41, 5.74) is 3.21. The van der Waals surface area contributed by atoms with Crippen molar-refractivity contribution >= 4 is 10.8 Å². The van der Waals surface area contributed by atoms with Crippen molar-refractivity contribution < 1.29 is 4.74 Å². The molecule has 0 heterocycles. The molecule has 0 aromatic heterocycles. The molecule has 3 aliphatic carbocycles. The number of hydrogen-bond donors (Lipinski definition) is 0. The lowest BCUT2D eigenvalue weighted by molar-refractivity contribution is 0.415. The summed E-state index contributed by atoms with van der Waals surface area (Å²) in [6.07, 6.45) is 7.60. The fraction of sp³-hybridized carbons (Fsp3) is 0.368. The molecule has 0 N–H and O–H groups in total. The van der Waals surface area contributed by atoms with Gasteiger partial charge in [-0.25, -0.2) is 0 Å². The fourth-order valence-electron chi connectivity index (χ4n) is 4.94. The first-order valence-electron chi connectivity index (χ1n) is 7.63. The Hall–Kier alpha value is -1.76. The van der Waals surface area contributed by atoms with Crippen LogP contribution in [0.1, 0.15) is 23.5 Å². The van der Waals surface area contributed by atoms with Crippen molar-refractivity contribution in [2.24, 2.45) is 17.8 Å². The Kier molecular flexibility index (Phi) is 2.01. The van der Waals surface area contributed by atoms with Gasteiger partial charge in [0.05, 0.1) is 7.11 Å². The second kappa shape index (κ2) is 3.66. The maximum atomic E-state index is 5.42. The van der Waals surface area contributed by atoms with E-state index in [1.807, 2.05) is 0 Å². The molecule has 5 rings (SSSR count). The van der Waals surface area contributed by atoms with Gasteiger partial charge in [0.1, 0.15) is 5.75 Å². The molecular weight excluding hydrogens is 244 g/mol. The van der Waals surface area contributed by atoms with Crippen molar-refractivity contribution in [2.75, 3.05) is 7.11 Å².